The van der Waals surface area contributed by atoms with E-state index in [-0.39, 0.29) is 0 Å². The SMILES string of the molecule is COCc1nc2cc(N[C@H]3CCCOC3)ccc2o1. The van der Waals surface area contributed by atoms with Crippen molar-refractivity contribution in [2.45, 2.75) is 25.5 Å². The molecule has 1 N–H and O–H groups in total. The Kier molecular flexibility index (Phi) is 3.66. The maximum absolute atomic E-state index is 5.56. The Bertz CT molecular complexity index is 547. The van der Waals surface area contributed by atoms with Crippen LogP contribution in [0, 0.1) is 0 Å². The normalized spacial score (nSPS) is 19.7. The second kappa shape index (κ2) is 5.59. The number of ether oxygens (including phenoxy) is 2. The Morgan fingerprint density at radius 1 is 1.47 bits per heavy atom. The number of anilines is 1. The molecule has 3 rings (SSSR count). The summed E-state index contributed by atoms with van der Waals surface area (Å²) < 4.78 is 16.1. The molecule has 1 fully saturated rings. The largest absolute Gasteiger partial charge is 0.438 e. The number of oxazole rings is 1. The summed E-state index contributed by atoms with van der Waals surface area (Å²) in [6.45, 7) is 2.04. The van der Waals surface area contributed by atoms with Crippen LogP contribution < -0.4 is 5.32 Å². The first-order valence-electron chi connectivity index (χ1n) is 6.58. The summed E-state index contributed by atoms with van der Waals surface area (Å²) in [5, 5.41) is 3.48. The Morgan fingerprint density at radius 2 is 2.42 bits per heavy atom. The maximum Gasteiger partial charge on any atom is 0.221 e. The minimum absolute atomic E-state index is 0.386. The van der Waals surface area contributed by atoms with E-state index in [2.05, 4.69) is 10.3 Å². The first kappa shape index (κ1) is 12.4. The molecule has 1 aromatic carbocycles. The smallest absolute Gasteiger partial charge is 0.221 e. The summed E-state index contributed by atoms with van der Waals surface area (Å²) >= 11 is 0. The second-order valence-electron chi connectivity index (χ2n) is 4.78. The molecule has 19 heavy (non-hydrogen) atoms. The number of fused-ring (bicyclic) bond motifs is 1. The van der Waals surface area contributed by atoms with Gasteiger partial charge in [-0.1, -0.05) is 0 Å². The lowest BCUT2D eigenvalue weighted by molar-refractivity contribution is 0.0876. The van der Waals surface area contributed by atoms with Gasteiger partial charge in [0.2, 0.25) is 5.89 Å². The zero-order valence-corrected chi connectivity index (χ0v) is 11.0. The highest BCUT2D eigenvalue weighted by Crippen LogP contribution is 2.22. The summed E-state index contributed by atoms with van der Waals surface area (Å²) in [5.41, 5.74) is 2.70. The predicted octanol–water partition coefficient (Wildman–Crippen LogP) is 2.57. The number of nitrogens with one attached hydrogen (secondary N) is 1. The average Bonchev–Trinajstić information content (AvgIpc) is 2.82. The molecule has 0 saturated carbocycles. The Labute approximate surface area is 111 Å². The van der Waals surface area contributed by atoms with E-state index in [4.69, 9.17) is 13.9 Å². The predicted molar refractivity (Wildman–Crippen MR) is 72.2 cm³/mol. The van der Waals surface area contributed by atoms with Crippen LogP contribution in [0.3, 0.4) is 0 Å². The van der Waals surface area contributed by atoms with Crippen LogP contribution in [-0.4, -0.2) is 31.3 Å². The molecule has 1 aliphatic rings. The van der Waals surface area contributed by atoms with Gasteiger partial charge in [0, 0.05) is 25.4 Å². The lowest BCUT2D eigenvalue weighted by Gasteiger charge is -2.24. The summed E-state index contributed by atoms with van der Waals surface area (Å²) in [5.74, 6) is 0.607. The molecule has 1 aromatic heterocycles. The number of hydrogen-bond donors (Lipinski definition) is 1. The standard InChI is InChI=1S/C14H18N2O3/c1-17-9-14-16-12-7-10(4-5-13(12)19-14)15-11-3-2-6-18-8-11/h4-5,7,11,15H,2-3,6,8-9H2,1H3/t11-/m0/s1. The van der Waals surface area contributed by atoms with Crippen molar-refractivity contribution < 1.29 is 13.9 Å². The number of aromatic nitrogens is 1. The van der Waals surface area contributed by atoms with Crippen LogP contribution in [0.2, 0.25) is 0 Å². The third kappa shape index (κ3) is 2.88. The zero-order chi connectivity index (χ0) is 13.1. The van der Waals surface area contributed by atoms with Gasteiger partial charge in [-0.25, -0.2) is 4.98 Å². The lowest BCUT2D eigenvalue weighted by Crippen LogP contribution is -2.29. The summed E-state index contributed by atoms with van der Waals surface area (Å²) in [6, 6.07) is 6.34. The van der Waals surface area contributed by atoms with Crippen molar-refractivity contribution in [1.82, 2.24) is 4.98 Å². The Balaban J connectivity index is 1.76. The second-order valence-corrected chi connectivity index (χ2v) is 4.78. The molecule has 0 bridgehead atoms. The van der Waals surface area contributed by atoms with Crippen molar-refractivity contribution in [1.29, 1.82) is 0 Å². The van der Waals surface area contributed by atoms with E-state index in [0.29, 0.717) is 18.5 Å². The van der Waals surface area contributed by atoms with Gasteiger partial charge in [-0.05, 0) is 31.0 Å². The molecule has 0 spiro atoms. The third-order valence-electron chi connectivity index (χ3n) is 3.23. The fourth-order valence-electron chi connectivity index (χ4n) is 2.34. The summed E-state index contributed by atoms with van der Waals surface area (Å²) in [7, 11) is 1.63. The van der Waals surface area contributed by atoms with Gasteiger partial charge in [0.25, 0.3) is 0 Å². The van der Waals surface area contributed by atoms with Crippen LogP contribution >= 0.6 is 0 Å². The number of methoxy groups -OCH3 is 1. The van der Waals surface area contributed by atoms with E-state index in [1.54, 1.807) is 7.11 Å². The van der Waals surface area contributed by atoms with E-state index in [1.165, 1.54) is 0 Å². The van der Waals surface area contributed by atoms with E-state index in [0.717, 1.165) is 42.8 Å². The molecule has 5 heteroatoms. The van der Waals surface area contributed by atoms with Crippen molar-refractivity contribution in [3.05, 3.63) is 24.1 Å². The molecule has 0 radical (unpaired) electrons. The van der Waals surface area contributed by atoms with Gasteiger partial charge < -0.3 is 19.2 Å². The number of nitrogens with zero attached hydrogens (tertiary/aromatic N) is 1. The van der Waals surface area contributed by atoms with Gasteiger partial charge in [0.15, 0.2) is 5.58 Å². The van der Waals surface area contributed by atoms with Crippen molar-refractivity contribution in [3.63, 3.8) is 0 Å². The van der Waals surface area contributed by atoms with Crippen LogP contribution in [0.1, 0.15) is 18.7 Å². The zero-order valence-electron chi connectivity index (χ0n) is 11.0. The van der Waals surface area contributed by atoms with Crippen LogP contribution in [0.4, 0.5) is 5.69 Å². The van der Waals surface area contributed by atoms with Gasteiger partial charge >= 0.3 is 0 Å². The highest BCUT2D eigenvalue weighted by atomic mass is 16.5. The lowest BCUT2D eigenvalue weighted by atomic mass is 10.1. The highest BCUT2D eigenvalue weighted by Gasteiger charge is 2.14. The monoisotopic (exact) mass is 262 g/mol. The van der Waals surface area contributed by atoms with Gasteiger partial charge in [-0.3, -0.25) is 0 Å². The minimum Gasteiger partial charge on any atom is -0.438 e. The minimum atomic E-state index is 0.386. The molecular formula is C14H18N2O3. The van der Waals surface area contributed by atoms with Crippen molar-refractivity contribution in [2.75, 3.05) is 25.6 Å². The van der Waals surface area contributed by atoms with Crippen LogP contribution in [0.25, 0.3) is 11.1 Å². The molecule has 1 aliphatic heterocycles. The third-order valence-corrected chi connectivity index (χ3v) is 3.23. The molecule has 2 heterocycles. The van der Waals surface area contributed by atoms with Crippen molar-refractivity contribution >= 4 is 16.8 Å². The summed E-state index contributed by atoms with van der Waals surface area (Å²) in [4.78, 5) is 4.39. The van der Waals surface area contributed by atoms with Gasteiger partial charge in [0.05, 0.1) is 6.61 Å². The van der Waals surface area contributed by atoms with Gasteiger partial charge in [-0.15, -0.1) is 0 Å². The molecular weight excluding hydrogens is 244 g/mol. The number of hydrogen-bond acceptors (Lipinski definition) is 5. The molecule has 1 atom stereocenters. The Morgan fingerprint density at radius 3 is 3.21 bits per heavy atom. The first-order valence-corrected chi connectivity index (χ1v) is 6.58. The van der Waals surface area contributed by atoms with Crippen molar-refractivity contribution in [3.8, 4) is 0 Å². The van der Waals surface area contributed by atoms with Crippen LogP contribution in [0.5, 0.6) is 0 Å². The molecule has 1 saturated heterocycles. The molecule has 0 aliphatic carbocycles. The molecule has 0 unspecified atom stereocenters. The van der Waals surface area contributed by atoms with Gasteiger partial charge in [-0.2, -0.15) is 0 Å². The number of rotatable bonds is 4. The van der Waals surface area contributed by atoms with Crippen molar-refractivity contribution in [2.24, 2.45) is 0 Å². The van der Waals surface area contributed by atoms with Gasteiger partial charge in [0.1, 0.15) is 12.1 Å². The quantitative estimate of drug-likeness (QED) is 0.917. The molecule has 5 nitrogen and oxygen atoms in total. The highest BCUT2D eigenvalue weighted by molar-refractivity contribution is 5.77. The van der Waals surface area contributed by atoms with E-state index >= 15 is 0 Å². The Hall–Kier alpha value is -1.59. The van der Waals surface area contributed by atoms with E-state index in [9.17, 15) is 0 Å². The molecule has 2 aromatic rings. The van der Waals surface area contributed by atoms with E-state index in [1.807, 2.05) is 18.2 Å². The number of benzene rings is 1. The van der Waals surface area contributed by atoms with Crippen LogP contribution in [-0.2, 0) is 16.1 Å². The molecule has 0 amide bonds. The van der Waals surface area contributed by atoms with Crippen LogP contribution in [0.15, 0.2) is 22.6 Å². The first-order chi connectivity index (χ1) is 9.35. The fourth-order valence-corrected chi connectivity index (χ4v) is 2.34. The maximum atomic E-state index is 5.56. The fraction of sp³-hybridized carbons (Fsp3) is 0.500. The average molecular weight is 262 g/mol. The topological polar surface area (TPSA) is 56.5 Å². The molecule has 102 valence electrons. The van der Waals surface area contributed by atoms with E-state index < -0.39 is 0 Å². The summed E-state index contributed by atoms with van der Waals surface area (Å²) in [6.07, 6.45) is 2.26.